The second-order valence-corrected chi connectivity index (χ2v) is 6.80. The molecule has 4 rings (SSSR count). The van der Waals surface area contributed by atoms with Gasteiger partial charge in [-0.1, -0.05) is 12.1 Å². The maximum atomic E-state index is 12.7. The number of aromatic nitrogens is 2. The van der Waals surface area contributed by atoms with Gasteiger partial charge in [0.05, 0.1) is 24.7 Å². The summed E-state index contributed by atoms with van der Waals surface area (Å²) in [5.41, 5.74) is 2.12. The van der Waals surface area contributed by atoms with Crippen LogP contribution in [0.15, 0.2) is 59.5 Å². The Morgan fingerprint density at radius 3 is 2.64 bits per heavy atom. The van der Waals surface area contributed by atoms with Crippen LogP contribution in [0.3, 0.4) is 0 Å². The number of nitrogens with one attached hydrogen (secondary N) is 3. The minimum absolute atomic E-state index is 0.0563. The maximum absolute atomic E-state index is 12.7. The molecule has 1 aromatic carbocycles. The molecule has 3 N–H and O–H groups in total. The lowest BCUT2D eigenvalue weighted by atomic mass is 10.1. The van der Waals surface area contributed by atoms with Crippen LogP contribution in [-0.2, 0) is 13.1 Å². The SMILES string of the molecule is O=C(NC1CC1)c1ccc(CN(Cc2ccco2)C(=O)Nc2cn[nH]c2)cc1. The zero-order valence-electron chi connectivity index (χ0n) is 15.2. The Balaban J connectivity index is 1.44. The summed E-state index contributed by atoms with van der Waals surface area (Å²) in [5.74, 6) is 0.627. The zero-order valence-corrected chi connectivity index (χ0v) is 15.2. The second-order valence-electron chi connectivity index (χ2n) is 6.80. The van der Waals surface area contributed by atoms with Gasteiger partial charge in [-0.15, -0.1) is 0 Å². The van der Waals surface area contributed by atoms with Crippen molar-refractivity contribution in [3.63, 3.8) is 0 Å². The first kappa shape index (κ1) is 17.8. The predicted molar refractivity (Wildman–Crippen MR) is 102 cm³/mol. The van der Waals surface area contributed by atoms with Gasteiger partial charge < -0.3 is 20.0 Å². The molecule has 1 aliphatic rings. The highest BCUT2D eigenvalue weighted by molar-refractivity contribution is 5.94. The van der Waals surface area contributed by atoms with Crippen molar-refractivity contribution in [1.29, 1.82) is 0 Å². The molecule has 0 atom stereocenters. The first-order valence-electron chi connectivity index (χ1n) is 9.14. The van der Waals surface area contributed by atoms with Crippen LogP contribution in [-0.4, -0.2) is 33.1 Å². The minimum atomic E-state index is -0.270. The van der Waals surface area contributed by atoms with Crippen LogP contribution in [0.1, 0.15) is 34.5 Å². The number of hydrogen-bond donors (Lipinski definition) is 3. The Kier molecular flexibility index (Phi) is 5.09. The molecule has 2 heterocycles. The molecule has 1 aliphatic carbocycles. The molecule has 8 nitrogen and oxygen atoms in total. The van der Waals surface area contributed by atoms with Gasteiger partial charge in [-0.05, 0) is 42.7 Å². The Hall–Kier alpha value is -3.55. The summed E-state index contributed by atoms with van der Waals surface area (Å²) >= 11 is 0. The summed E-state index contributed by atoms with van der Waals surface area (Å²) in [4.78, 5) is 26.5. The quantitative estimate of drug-likeness (QED) is 0.587. The zero-order chi connectivity index (χ0) is 19.3. The lowest BCUT2D eigenvalue weighted by molar-refractivity contribution is 0.0951. The highest BCUT2D eigenvalue weighted by Crippen LogP contribution is 2.20. The van der Waals surface area contributed by atoms with Crippen LogP contribution in [0.5, 0.6) is 0 Å². The highest BCUT2D eigenvalue weighted by atomic mass is 16.3. The first-order valence-corrected chi connectivity index (χ1v) is 9.14. The summed E-state index contributed by atoms with van der Waals surface area (Å²) in [7, 11) is 0. The maximum Gasteiger partial charge on any atom is 0.322 e. The van der Waals surface area contributed by atoms with E-state index >= 15 is 0 Å². The summed E-state index contributed by atoms with van der Waals surface area (Å²) in [6, 6.07) is 11.0. The molecule has 3 aromatic rings. The van der Waals surface area contributed by atoms with Crippen molar-refractivity contribution >= 4 is 17.6 Å². The van der Waals surface area contributed by atoms with Crippen molar-refractivity contribution in [2.75, 3.05) is 5.32 Å². The van der Waals surface area contributed by atoms with Crippen molar-refractivity contribution in [3.05, 3.63) is 71.9 Å². The number of benzene rings is 1. The number of carbonyl (C=O) groups is 2. The molecular formula is C20H21N5O3. The molecule has 2 aromatic heterocycles. The third-order valence-electron chi connectivity index (χ3n) is 4.47. The Bertz CT molecular complexity index is 915. The van der Waals surface area contributed by atoms with Crippen LogP contribution in [0.4, 0.5) is 10.5 Å². The van der Waals surface area contributed by atoms with Gasteiger partial charge in [-0.2, -0.15) is 5.10 Å². The van der Waals surface area contributed by atoms with Gasteiger partial charge in [0.1, 0.15) is 5.76 Å². The summed E-state index contributed by atoms with van der Waals surface area (Å²) in [6.07, 6.45) is 6.83. The molecule has 0 aliphatic heterocycles. The number of furan rings is 1. The highest BCUT2D eigenvalue weighted by Gasteiger charge is 2.23. The summed E-state index contributed by atoms with van der Waals surface area (Å²) in [5, 5.41) is 12.3. The molecule has 0 saturated heterocycles. The van der Waals surface area contributed by atoms with Crippen molar-refractivity contribution in [2.24, 2.45) is 0 Å². The molecule has 8 heteroatoms. The van der Waals surface area contributed by atoms with Crippen LogP contribution < -0.4 is 10.6 Å². The van der Waals surface area contributed by atoms with Gasteiger partial charge in [-0.3, -0.25) is 9.89 Å². The lowest BCUT2D eigenvalue weighted by Crippen LogP contribution is -2.34. The fourth-order valence-corrected chi connectivity index (χ4v) is 2.79. The van der Waals surface area contributed by atoms with Crippen molar-refractivity contribution in [1.82, 2.24) is 20.4 Å². The Morgan fingerprint density at radius 2 is 2.00 bits per heavy atom. The number of aromatic amines is 1. The van der Waals surface area contributed by atoms with Gasteiger partial charge in [0.2, 0.25) is 0 Å². The van der Waals surface area contributed by atoms with Crippen LogP contribution >= 0.6 is 0 Å². The van der Waals surface area contributed by atoms with Gasteiger partial charge in [0.15, 0.2) is 0 Å². The Labute approximate surface area is 161 Å². The summed E-state index contributed by atoms with van der Waals surface area (Å²) in [6.45, 7) is 0.690. The first-order chi connectivity index (χ1) is 13.7. The van der Waals surface area contributed by atoms with Crippen LogP contribution in [0.2, 0.25) is 0 Å². The second kappa shape index (κ2) is 7.99. The number of carbonyl (C=O) groups excluding carboxylic acids is 2. The number of H-pyrrole nitrogens is 1. The molecule has 0 radical (unpaired) electrons. The average Bonchev–Trinajstić information content (AvgIpc) is 3.14. The largest absolute Gasteiger partial charge is 0.467 e. The van der Waals surface area contributed by atoms with E-state index in [1.807, 2.05) is 18.2 Å². The van der Waals surface area contributed by atoms with Crippen molar-refractivity contribution in [2.45, 2.75) is 32.0 Å². The normalized spacial score (nSPS) is 13.1. The van der Waals surface area contributed by atoms with E-state index in [1.54, 1.807) is 35.6 Å². The molecule has 1 fully saturated rings. The van der Waals surface area contributed by atoms with Gasteiger partial charge >= 0.3 is 6.03 Å². The van der Waals surface area contributed by atoms with E-state index in [0.717, 1.165) is 18.4 Å². The minimum Gasteiger partial charge on any atom is -0.467 e. The van der Waals surface area contributed by atoms with Gasteiger partial charge in [-0.25, -0.2) is 4.79 Å². The number of anilines is 1. The van der Waals surface area contributed by atoms with Crippen molar-refractivity contribution < 1.29 is 14.0 Å². The summed E-state index contributed by atoms with van der Waals surface area (Å²) < 4.78 is 5.39. The predicted octanol–water partition coefficient (Wildman–Crippen LogP) is 3.13. The Morgan fingerprint density at radius 1 is 1.18 bits per heavy atom. The van der Waals surface area contributed by atoms with Crippen LogP contribution in [0.25, 0.3) is 0 Å². The van der Waals surface area contributed by atoms with E-state index in [4.69, 9.17) is 4.42 Å². The molecule has 144 valence electrons. The molecule has 28 heavy (non-hydrogen) atoms. The topological polar surface area (TPSA) is 103 Å². The molecule has 0 spiro atoms. The third-order valence-corrected chi connectivity index (χ3v) is 4.47. The standard InChI is InChI=1S/C20H21N5O3/c26-19(23-16-7-8-16)15-5-3-14(4-6-15)12-25(13-18-2-1-9-28-18)20(27)24-17-10-21-22-11-17/h1-6,9-11,16H,7-8,12-13H2,(H,21,22)(H,23,26)(H,24,27). The van der Waals surface area contributed by atoms with E-state index in [0.29, 0.717) is 36.1 Å². The van der Waals surface area contributed by atoms with E-state index in [-0.39, 0.29) is 11.9 Å². The number of rotatable bonds is 7. The lowest BCUT2D eigenvalue weighted by Gasteiger charge is -2.22. The molecular weight excluding hydrogens is 358 g/mol. The molecule has 3 amide bonds. The van der Waals surface area contributed by atoms with Gasteiger partial charge in [0, 0.05) is 24.3 Å². The van der Waals surface area contributed by atoms with E-state index in [2.05, 4.69) is 20.8 Å². The molecule has 1 saturated carbocycles. The van der Waals surface area contributed by atoms with Gasteiger partial charge in [0.25, 0.3) is 5.91 Å². The van der Waals surface area contributed by atoms with Crippen LogP contribution in [0, 0.1) is 0 Å². The number of nitrogens with zero attached hydrogens (tertiary/aromatic N) is 2. The van der Waals surface area contributed by atoms with E-state index in [9.17, 15) is 9.59 Å². The molecule has 0 unspecified atom stereocenters. The fraction of sp³-hybridized carbons (Fsp3) is 0.250. The average molecular weight is 379 g/mol. The fourth-order valence-electron chi connectivity index (χ4n) is 2.79. The number of urea groups is 1. The van der Waals surface area contributed by atoms with E-state index < -0.39 is 0 Å². The third kappa shape index (κ3) is 4.59. The van der Waals surface area contributed by atoms with Crippen molar-refractivity contribution in [3.8, 4) is 0 Å². The number of amides is 3. The molecule has 0 bridgehead atoms. The van der Waals surface area contributed by atoms with E-state index in [1.165, 1.54) is 6.20 Å². The smallest absolute Gasteiger partial charge is 0.322 e. The number of hydrogen-bond acceptors (Lipinski definition) is 4. The monoisotopic (exact) mass is 379 g/mol.